The Balaban J connectivity index is 2.09. The highest BCUT2D eigenvalue weighted by Gasteiger charge is 1.97. The minimum atomic E-state index is 0.727. The molecule has 1 N–H and O–H groups in total. The number of aryl methyl sites for hydroxylation is 2. The summed E-state index contributed by atoms with van der Waals surface area (Å²) in [6, 6.07) is 6.24. The number of ether oxygens (including phenoxy) is 1. The lowest BCUT2D eigenvalue weighted by molar-refractivity contribution is 0.311. The van der Waals surface area contributed by atoms with E-state index in [4.69, 9.17) is 4.74 Å². The minimum absolute atomic E-state index is 0.727. The number of nitrogens with zero attached hydrogens (tertiary/aromatic N) is 1. The Hall–Kier alpha value is -1.06. The van der Waals surface area contributed by atoms with E-state index in [1.807, 2.05) is 6.07 Å². The Morgan fingerprint density at radius 1 is 1.11 bits per heavy atom. The smallest absolute Gasteiger partial charge is 0.119 e. The van der Waals surface area contributed by atoms with Crippen molar-refractivity contribution in [2.75, 3.05) is 40.3 Å². The molecule has 0 aliphatic carbocycles. The van der Waals surface area contributed by atoms with Crippen LogP contribution >= 0.6 is 0 Å². The van der Waals surface area contributed by atoms with Crippen LogP contribution in [0.2, 0.25) is 0 Å². The normalized spacial score (nSPS) is 10.9. The van der Waals surface area contributed by atoms with Gasteiger partial charge in [0.1, 0.15) is 12.4 Å². The third kappa shape index (κ3) is 6.03. The molecule has 0 amide bonds. The molecule has 0 aromatic heterocycles. The summed E-state index contributed by atoms with van der Waals surface area (Å²) in [7, 11) is 4.20. The number of nitrogens with one attached hydrogen (secondary N) is 1. The van der Waals surface area contributed by atoms with Crippen LogP contribution in [0, 0.1) is 13.8 Å². The van der Waals surface area contributed by atoms with Crippen LogP contribution in [0.25, 0.3) is 0 Å². The summed E-state index contributed by atoms with van der Waals surface area (Å²) in [5, 5.41) is 3.39. The van der Waals surface area contributed by atoms with Gasteiger partial charge < -0.3 is 15.0 Å². The van der Waals surface area contributed by atoms with Gasteiger partial charge in [-0.25, -0.2) is 0 Å². The Kier molecular flexibility index (Phi) is 6.76. The number of hydrogen-bond donors (Lipinski definition) is 1. The molecule has 102 valence electrons. The van der Waals surface area contributed by atoms with Gasteiger partial charge in [0.15, 0.2) is 0 Å². The van der Waals surface area contributed by atoms with Crippen molar-refractivity contribution in [3.05, 3.63) is 29.3 Å². The topological polar surface area (TPSA) is 24.5 Å². The molecule has 3 nitrogen and oxygen atoms in total. The summed E-state index contributed by atoms with van der Waals surface area (Å²) in [5.41, 5.74) is 2.59. The Morgan fingerprint density at radius 2 is 1.89 bits per heavy atom. The minimum Gasteiger partial charge on any atom is -0.492 e. The van der Waals surface area contributed by atoms with Crippen LogP contribution in [-0.2, 0) is 0 Å². The fourth-order valence-corrected chi connectivity index (χ4v) is 1.69. The fraction of sp³-hybridized carbons (Fsp3) is 0.600. The third-order valence-corrected chi connectivity index (χ3v) is 2.98. The molecule has 3 heteroatoms. The molecule has 1 aromatic rings. The zero-order valence-electron chi connectivity index (χ0n) is 12.1. The maximum absolute atomic E-state index is 5.70. The van der Waals surface area contributed by atoms with E-state index in [1.54, 1.807) is 0 Å². The van der Waals surface area contributed by atoms with E-state index >= 15 is 0 Å². The molecule has 1 rings (SSSR count). The van der Waals surface area contributed by atoms with Crippen LogP contribution in [0.4, 0.5) is 0 Å². The molecule has 1 aromatic carbocycles. The van der Waals surface area contributed by atoms with Crippen molar-refractivity contribution >= 4 is 0 Å². The predicted molar refractivity (Wildman–Crippen MR) is 77.5 cm³/mol. The summed E-state index contributed by atoms with van der Waals surface area (Å²) in [4.78, 5) is 2.20. The zero-order chi connectivity index (χ0) is 13.4. The molecule has 0 heterocycles. The molecule has 0 fully saturated rings. The van der Waals surface area contributed by atoms with Crippen molar-refractivity contribution in [2.24, 2.45) is 0 Å². The van der Waals surface area contributed by atoms with Gasteiger partial charge in [0.25, 0.3) is 0 Å². The molecule has 0 saturated heterocycles. The molecule has 0 aliphatic rings. The summed E-state index contributed by atoms with van der Waals surface area (Å²) < 4.78 is 5.70. The van der Waals surface area contributed by atoms with Crippen molar-refractivity contribution in [1.29, 1.82) is 0 Å². The molecule has 0 bridgehead atoms. The van der Waals surface area contributed by atoms with E-state index in [9.17, 15) is 0 Å². The van der Waals surface area contributed by atoms with Crippen LogP contribution < -0.4 is 10.1 Å². The van der Waals surface area contributed by atoms with Crippen molar-refractivity contribution in [2.45, 2.75) is 20.3 Å². The van der Waals surface area contributed by atoms with Gasteiger partial charge in [-0.1, -0.05) is 6.07 Å². The first-order chi connectivity index (χ1) is 8.59. The lowest BCUT2D eigenvalue weighted by atomic mass is 10.1. The first-order valence-electron chi connectivity index (χ1n) is 6.65. The monoisotopic (exact) mass is 250 g/mol. The predicted octanol–water partition coefficient (Wildman–Crippen LogP) is 2.22. The molecule has 0 atom stereocenters. The van der Waals surface area contributed by atoms with E-state index in [-0.39, 0.29) is 0 Å². The molecular weight excluding hydrogens is 224 g/mol. The van der Waals surface area contributed by atoms with E-state index in [0.29, 0.717) is 0 Å². The van der Waals surface area contributed by atoms with Crippen LogP contribution in [0.5, 0.6) is 5.75 Å². The van der Waals surface area contributed by atoms with Crippen LogP contribution in [-0.4, -0.2) is 45.2 Å². The SMILES string of the molecule is Cc1ccc(OCCNCCCN(C)C)cc1C. The molecule has 0 unspecified atom stereocenters. The van der Waals surface area contributed by atoms with Gasteiger partial charge in [-0.05, 0) is 70.7 Å². The van der Waals surface area contributed by atoms with Gasteiger partial charge in [-0.2, -0.15) is 0 Å². The second kappa shape index (κ2) is 8.11. The zero-order valence-corrected chi connectivity index (χ0v) is 12.1. The summed E-state index contributed by atoms with van der Waals surface area (Å²) in [6.07, 6.45) is 1.18. The average Bonchev–Trinajstić information content (AvgIpc) is 2.32. The number of rotatable bonds is 8. The first-order valence-corrected chi connectivity index (χ1v) is 6.65. The maximum atomic E-state index is 5.70. The number of benzene rings is 1. The highest BCUT2D eigenvalue weighted by Crippen LogP contribution is 2.15. The van der Waals surface area contributed by atoms with Gasteiger partial charge in [0.05, 0.1) is 0 Å². The van der Waals surface area contributed by atoms with Gasteiger partial charge in [0, 0.05) is 6.54 Å². The highest BCUT2D eigenvalue weighted by molar-refractivity contribution is 5.33. The second-order valence-electron chi connectivity index (χ2n) is 5.00. The molecule has 0 spiro atoms. The summed E-state index contributed by atoms with van der Waals surface area (Å²) in [5.74, 6) is 0.966. The average molecular weight is 250 g/mol. The lowest BCUT2D eigenvalue weighted by Crippen LogP contribution is -2.25. The Labute approximate surface area is 111 Å². The molecule has 0 saturated carbocycles. The van der Waals surface area contributed by atoms with Crippen molar-refractivity contribution in [3.8, 4) is 5.75 Å². The maximum Gasteiger partial charge on any atom is 0.119 e. The summed E-state index contributed by atoms with van der Waals surface area (Å²) in [6.45, 7) is 8.04. The standard InChI is InChI=1S/C15H26N2O/c1-13-6-7-15(12-14(13)2)18-11-9-16-8-5-10-17(3)4/h6-7,12,16H,5,8-11H2,1-4H3. The largest absolute Gasteiger partial charge is 0.492 e. The van der Waals surface area contributed by atoms with Crippen molar-refractivity contribution < 1.29 is 4.74 Å². The highest BCUT2D eigenvalue weighted by atomic mass is 16.5. The van der Waals surface area contributed by atoms with E-state index in [0.717, 1.165) is 32.0 Å². The van der Waals surface area contributed by atoms with Crippen LogP contribution in [0.1, 0.15) is 17.5 Å². The van der Waals surface area contributed by atoms with E-state index in [2.05, 4.69) is 50.3 Å². The van der Waals surface area contributed by atoms with E-state index < -0.39 is 0 Å². The van der Waals surface area contributed by atoms with Crippen molar-refractivity contribution in [3.63, 3.8) is 0 Å². The Bertz CT molecular complexity index is 350. The van der Waals surface area contributed by atoms with Crippen LogP contribution in [0.15, 0.2) is 18.2 Å². The van der Waals surface area contributed by atoms with E-state index in [1.165, 1.54) is 17.5 Å². The van der Waals surface area contributed by atoms with Crippen molar-refractivity contribution in [1.82, 2.24) is 10.2 Å². The van der Waals surface area contributed by atoms with Gasteiger partial charge in [-0.3, -0.25) is 0 Å². The lowest BCUT2D eigenvalue weighted by Gasteiger charge is -2.11. The first kappa shape index (κ1) is 15.0. The van der Waals surface area contributed by atoms with Gasteiger partial charge in [0.2, 0.25) is 0 Å². The molecule has 0 aliphatic heterocycles. The van der Waals surface area contributed by atoms with Gasteiger partial charge in [-0.15, -0.1) is 0 Å². The quantitative estimate of drug-likeness (QED) is 0.716. The Morgan fingerprint density at radius 3 is 2.56 bits per heavy atom. The van der Waals surface area contributed by atoms with Crippen LogP contribution in [0.3, 0.4) is 0 Å². The second-order valence-corrected chi connectivity index (χ2v) is 5.00. The molecule has 18 heavy (non-hydrogen) atoms. The summed E-state index contributed by atoms with van der Waals surface area (Å²) >= 11 is 0. The third-order valence-electron chi connectivity index (χ3n) is 2.98. The number of hydrogen-bond acceptors (Lipinski definition) is 3. The van der Waals surface area contributed by atoms with Gasteiger partial charge >= 0.3 is 0 Å². The fourth-order valence-electron chi connectivity index (χ4n) is 1.69. The molecule has 0 radical (unpaired) electrons. The molecular formula is C15H26N2O.